The van der Waals surface area contributed by atoms with Crippen molar-refractivity contribution in [3.05, 3.63) is 132 Å². The number of esters is 2. The number of hydrogen-bond acceptors (Lipinski definition) is 7. The van der Waals surface area contributed by atoms with E-state index in [1.807, 2.05) is 79.8 Å². The van der Waals surface area contributed by atoms with Gasteiger partial charge in [0.2, 0.25) is 0 Å². The maximum Gasteiger partial charge on any atom is 0.338 e. The van der Waals surface area contributed by atoms with Gasteiger partial charge in [0.05, 0.1) is 10.9 Å². The van der Waals surface area contributed by atoms with Crippen molar-refractivity contribution in [3.63, 3.8) is 0 Å². The van der Waals surface area contributed by atoms with E-state index in [9.17, 15) is 9.59 Å². The van der Waals surface area contributed by atoms with Gasteiger partial charge in [-0.15, -0.1) is 0 Å². The van der Waals surface area contributed by atoms with Gasteiger partial charge in [0.25, 0.3) is 0 Å². The van der Waals surface area contributed by atoms with E-state index in [2.05, 4.69) is 41.2 Å². The zero-order valence-electron chi connectivity index (χ0n) is 26.5. The Kier molecular flexibility index (Phi) is 8.97. The fourth-order valence-corrected chi connectivity index (χ4v) is 5.71. The molecule has 1 aliphatic heterocycles. The lowest BCUT2D eigenvalue weighted by Crippen LogP contribution is -2.15. The normalized spacial score (nSPS) is 11.4. The predicted octanol–water partition coefficient (Wildman–Crippen LogP) is 8.39. The fraction of sp³-hybridized carbons (Fsp3) is 0.125. The summed E-state index contributed by atoms with van der Waals surface area (Å²) in [7, 11) is 3.65. The molecule has 0 amide bonds. The minimum Gasteiger partial charge on any atom is -0.459 e. The molecule has 0 spiro atoms. The van der Waals surface area contributed by atoms with Crippen LogP contribution in [0.2, 0.25) is 0 Å². The van der Waals surface area contributed by atoms with Gasteiger partial charge >= 0.3 is 11.9 Å². The Labute approximate surface area is 273 Å². The molecular weight excluding hydrogens is 588 g/mol. The number of rotatable bonds is 9. The average molecular weight is 623 g/mol. The highest BCUT2D eigenvalue weighted by atomic mass is 16.6. The van der Waals surface area contributed by atoms with E-state index in [4.69, 9.17) is 13.9 Å². The first-order valence-corrected chi connectivity index (χ1v) is 15.3. The first-order chi connectivity index (χ1) is 22.9. The zero-order chi connectivity index (χ0) is 32.9. The molecule has 7 heteroatoms. The van der Waals surface area contributed by atoms with E-state index in [0.29, 0.717) is 22.5 Å². The largest absolute Gasteiger partial charge is 0.459 e. The lowest BCUT2D eigenvalue weighted by molar-refractivity contribution is -0.140. The Morgan fingerprint density at radius 1 is 0.766 bits per heavy atom. The van der Waals surface area contributed by atoms with Crippen LogP contribution in [-0.2, 0) is 14.3 Å². The summed E-state index contributed by atoms with van der Waals surface area (Å²) in [5, 5.41) is 4.93. The third-order valence-corrected chi connectivity index (χ3v) is 7.97. The maximum atomic E-state index is 13.6. The van der Waals surface area contributed by atoms with E-state index >= 15 is 0 Å². The van der Waals surface area contributed by atoms with E-state index < -0.39 is 11.9 Å². The third-order valence-electron chi connectivity index (χ3n) is 7.97. The van der Waals surface area contributed by atoms with Gasteiger partial charge in [0, 0.05) is 65.1 Å². The van der Waals surface area contributed by atoms with E-state index in [0.717, 1.165) is 49.8 Å². The van der Waals surface area contributed by atoms with Crippen LogP contribution >= 0.6 is 0 Å². The fourth-order valence-electron chi connectivity index (χ4n) is 5.71. The number of hydrogen-bond donors (Lipinski definition) is 1. The van der Waals surface area contributed by atoms with Crippen LogP contribution in [0.25, 0.3) is 55.7 Å². The summed E-state index contributed by atoms with van der Waals surface area (Å²) in [4.78, 5) is 30.0. The zero-order valence-corrected chi connectivity index (χ0v) is 26.5. The molecule has 4 aromatic carbocycles. The van der Waals surface area contributed by atoms with Gasteiger partial charge in [-0.2, -0.15) is 0 Å². The van der Waals surface area contributed by atoms with E-state index in [1.165, 1.54) is 0 Å². The van der Waals surface area contributed by atoms with Gasteiger partial charge < -0.3 is 19.2 Å². The molecule has 7 nitrogen and oxygen atoms in total. The molecule has 4 aromatic rings. The molecule has 1 N–H and O–H groups in total. The molecule has 0 fully saturated rings. The summed E-state index contributed by atoms with van der Waals surface area (Å²) in [6.07, 6.45) is 0. The van der Waals surface area contributed by atoms with Gasteiger partial charge in [-0.05, 0) is 41.8 Å². The van der Waals surface area contributed by atoms with Gasteiger partial charge in [0.15, 0.2) is 0 Å². The number of carbonyl (C=O) groups excluding carboxylic acids is 2. The SMILES string of the molecule is C=C(C)C(=O)OCCOC(=O)c1ccccc1-c1c2cc(-c3ccccc3)c(=NC)cc-2oc2cc(NC)c(-c3ccccc3)cc12. The Balaban J connectivity index is 1.61. The summed E-state index contributed by atoms with van der Waals surface area (Å²) in [5.41, 5.74) is 8.47. The molecule has 47 heavy (non-hydrogen) atoms. The summed E-state index contributed by atoms with van der Waals surface area (Å²) < 4.78 is 17.4. The van der Waals surface area contributed by atoms with Gasteiger partial charge in [-0.3, -0.25) is 4.99 Å². The number of anilines is 1. The summed E-state index contributed by atoms with van der Waals surface area (Å²) in [6.45, 7) is 4.98. The Bertz CT molecular complexity index is 2150. The molecule has 0 atom stereocenters. The molecular formula is C40H34N2O5. The number of fused-ring (bicyclic) bond motifs is 2. The molecule has 0 unspecified atom stereocenters. The van der Waals surface area contributed by atoms with Crippen molar-refractivity contribution in [2.75, 3.05) is 32.6 Å². The highest BCUT2D eigenvalue weighted by Gasteiger charge is 2.24. The van der Waals surface area contributed by atoms with E-state index in [1.54, 1.807) is 26.1 Å². The van der Waals surface area contributed by atoms with Crippen molar-refractivity contribution in [2.45, 2.75) is 6.92 Å². The molecule has 0 radical (unpaired) electrons. The molecule has 1 aliphatic carbocycles. The number of benzene rings is 5. The Morgan fingerprint density at radius 3 is 2.06 bits per heavy atom. The highest BCUT2D eigenvalue weighted by Crippen LogP contribution is 2.45. The topological polar surface area (TPSA) is 90.1 Å². The lowest BCUT2D eigenvalue weighted by Gasteiger charge is -2.20. The first kappa shape index (κ1) is 31.0. The van der Waals surface area contributed by atoms with Crippen molar-refractivity contribution in [1.29, 1.82) is 0 Å². The molecule has 0 saturated carbocycles. The average Bonchev–Trinajstić information content (AvgIpc) is 3.11. The van der Waals surface area contributed by atoms with Crippen LogP contribution in [0.15, 0.2) is 131 Å². The maximum absolute atomic E-state index is 13.6. The second-order valence-corrected chi connectivity index (χ2v) is 11.0. The summed E-state index contributed by atoms with van der Waals surface area (Å²) in [5.74, 6) is -0.445. The van der Waals surface area contributed by atoms with Gasteiger partial charge in [-0.1, -0.05) is 85.4 Å². The van der Waals surface area contributed by atoms with Gasteiger partial charge in [-0.25, -0.2) is 9.59 Å². The number of nitrogens with one attached hydrogen (secondary N) is 1. The number of ether oxygens (including phenoxy) is 2. The Morgan fingerprint density at radius 2 is 1.40 bits per heavy atom. The highest BCUT2D eigenvalue weighted by molar-refractivity contribution is 6.10. The predicted molar refractivity (Wildman–Crippen MR) is 186 cm³/mol. The molecule has 0 saturated heterocycles. The molecule has 0 bridgehead atoms. The summed E-state index contributed by atoms with van der Waals surface area (Å²) in [6, 6.07) is 35.7. The second kappa shape index (κ2) is 13.6. The standard InChI is InChI=1S/C40H34N2O5/c1-25(2)39(43)45-19-20-46-40(44)29-18-12-11-17-28(29)38-32-21-30(26-13-7-5-8-14-26)34(41-3)23-36(32)47-37-24-35(42-4)31(22-33(37)38)27-15-9-6-10-16-27/h5-18,21-24,41H,1,19-20H2,2-4H3. The van der Waals surface area contributed by atoms with E-state index in [-0.39, 0.29) is 18.8 Å². The van der Waals surface area contributed by atoms with Crippen molar-refractivity contribution in [3.8, 4) is 44.7 Å². The van der Waals surface area contributed by atoms with Crippen molar-refractivity contribution in [2.24, 2.45) is 4.99 Å². The minimum atomic E-state index is -0.535. The molecule has 1 heterocycles. The molecule has 2 aliphatic rings. The van der Waals surface area contributed by atoms with Crippen LogP contribution in [0.5, 0.6) is 0 Å². The van der Waals surface area contributed by atoms with Crippen LogP contribution in [0, 0.1) is 0 Å². The third kappa shape index (κ3) is 6.29. The van der Waals surface area contributed by atoms with Crippen LogP contribution < -0.4 is 10.7 Å². The van der Waals surface area contributed by atoms with Crippen LogP contribution in [-0.4, -0.2) is 39.2 Å². The van der Waals surface area contributed by atoms with Crippen molar-refractivity contribution >= 4 is 28.6 Å². The first-order valence-electron chi connectivity index (χ1n) is 15.3. The Hall–Kier alpha value is -5.95. The molecule has 6 rings (SSSR count). The van der Waals surface area contributed by atoms with Gasteiger partial charge in [0.1, 0.15) is 24.6 Å². The molecule has 0 aromatic heterocycles. The van der Waals surface area contributed by atoms with Crippen LogP contribution in [0.3, 0.4) is 0 Å². The summed E-state index contributed by atoms with van der Waals surface area (Å²) >= 11 is 0. The number of nitrogens with zero attached hydrogens (tertiary/aromatic N) is 1. The monoisotopic (exact) mass is 622 g/mol. The smallest absolute Gasteiger partial charge is 0.338 e. The molecule has 234 valence electrons. The number of carbonyl (C=O) groups is 2. The lowest BCUT2D eigenvalue weighted by atomic mass is 9.87. The van der Waals surface area contributed by atoms with Crippen LogP contribution in [0.4, 0.5) is 5.69 Å². The quantitative estimate of drug-likeness (QED) is 0.0754. The second-order valence-electron chi connectivity index (χ2n) is 11.0. The van der Waals surface area contributed by atoms with Crippen molar-refractivity contribution < 1.29 is 23.5 Å². The minimum absolute atomic E-state index is 0.0767. The van der Waals surface area contributed by atoms with Crippen LogP contribution in [0.1, 0.15) is 17.3 Å². The van der Waals surface area contributed by atoms with Crippen molar-refractivity contribution in [1.82, 2.24) is 0 Å².